The average Bonchev–Trinajstić information content (AvgIpc) is 2.57. The lowest BCUT2D eigenvalue weighted by Crippen LogP contribution is -1.84. The van der Waals surface area contributed by atoms with Crippen molar-refractivity contribution in [1.29, 1.82) is 0 Å². The molecule has 1 aromatic heterocycles. The molecule has 0 aliphatic heterocycles. The summed E-state index contributed by atoms with van der Waals surface area (Å²) >= 11 is 0. The van der Waals surface area contributed by atoms with Crippen molar-refractivity contribution in [2.45, 2.75) is 0 Å². The molecule has 3 aromatic rings. The number of aromatic amines is 1. The summed E-state index contributed by atoms with van der Waals surface area (Å²) in [7, 11) is 0. The molecule has 3 nitrogen and oxygen atoms in total. The first-order valence-electron chi connectivity index (χ1n) is 4.74. The Labute approximate surface area is 86.1 Å². The van der Waals surface area contributed by atoms with Crippen molar-refractivity contribution < 1.29 is 5.11 Å². The first-order chi connectivity index (χ1) is 7.25. The Morgan fingerprint density at radius 1 is 1.00 bits per heavy atom. The van der Waals surface area contributed by atoms with Crippen LogP contribution < -0.4 is 5.73 Å². The lowest BCUT2D eigenvalue weighted by atomic mass is 10.1. The lowest BCUT2D eigenvalue weighted by Gasteiger charge is -1.97. The van der Waals surface area contributed by atoms with Crippen molar-refractivity contribution in [3.8, 4) is 5.75 Å². The van der Waals surface area contributed by atoms with Crippen LogP contribution in [0.5, 0.6) is 5.75 Å². The number of hydrogen-bond donors (Lipinski definition) is 3. The smallest absolute Gasteiger partial charge is 0.139 e. The van der Waals surface area contributed by atoms with Crippen LogP contribution in [0.15, 0.2) is 36.4 Å². The van der Waals surface area contributed by atoms with Gasteiger partial charge in [0.15, 0.2) is 0 Å². The molecule has 15 heavy (non-hydrogen) atoms. The number of benzene rings is 2. The number of phenols is 1. The highest BCUT2D eigenvalue weighted by Crippen LogP contribution is 2.31. The molecule has 3 heteroatoms. The summed E-state index contributed by atoms with van der Waals surface area (Å²) in [6, 6.07) is 11.4. The monoisotopic (exact) mass is 198 g/mol. The van der Waals surface area contributed by atoms with E-state index in [0.29, 0.717) is 5.69 Å². The van der Waals surface area contributed by atoms with E-state index in [2.05, 4.69) is 4.98 Å². The van der Waals surface area contributed by atoms with Gasteiger partial charge in [0.25, 0.3) is 0 Å². The Balaban J connectivity index is 2.56. The summed E-state index contributed by atoms with van der Waals surface area (Å²) in [5.74, 6) is 0.132. The third kappa shape index (κ3) is 1.06. The van der Waals surface area contributed by atoms with Crippen LogP contribution in [-0.4, -0.2) is 10.1 Å². The molecule has 4 N–H and O–H groups in total. The van der Waals surface area contributed by atoms with Crippen molar-refractivity contribution in [2.24, 2.45) is 0 Å². The molecule has 0 bridgehead atoms. The van der Waals surface area contributed by atoms with Gasteiger partial charge in [0.2, 0.25) is 0 Å². The third-order valence-corrected chi connectivity index (χ3v) is 2.65. The highest BCUT2D eigenvalue weighted by Gasteiger charge is 2.06. The minimum atomic E-state index is 0.132. The van der Waals surface area contributed by atoms with E-state index in [-0.39, 0.29) is 5.75 Å². The van der Waals surface area contributed by atoms with Crippen molar-refractivity contribution in [3.05, 3.63) is 36.4 Å². The fourth-order valence-electron chi connectivity index (χ4n) is 1.90. The van der Waals surface area contributed by atoms with E-state index >= 15 is 0 Å². The van der Waals surface area contributed by atoms with E-state index in [0.717, 1.165) is 21.8 Å². The fourth-order valence-corrected chi connectivity index (χ4v) is 1.90. The third-order valence-electron chi connectivity index (χ3n) is 2.65. The van der Waals surface area contributed by atoms with Crippen LogP contribution in [0.25, 0.3) is 21.8 Å². The van der Waals surface area contributed by atoms with Gasteiger partial charge in [-0.3, -0.25) is 0 Å². The molecule has 0 saturated carbocycles. The number of rotatable bonds is 0. The van der Waals surface area contributed by atoms with Crippen LogP contribution in [0.4, 0.5) is 5.69 Å². The maximum atomic E-state index is 9.56. The number of nitrogens with two attached hydrogens (primary N) is 1. The number of para-hydroxylation sites is 1. The predicted octanol–water partition coefficient (Wildman–Crippen LogP) is 2.61. The summed E-state index contributed by atoms with van der Waals surface area (Å²) < 4.78 is 0. The van der Waals surface area contributed by atoms with Crippen LogP contribution >= 0.6 is 0 Å². The Hall–Kier alpha value is -2.16. The highest BCUT2D eigenvalue weighted by atomic mass is 16.3. The summed E-state index contributed by atoms with van der Waals surface area (Å²) in [4.78, 5) is 3.25. The molecule has 74 valence electrons. The molecule has 3 rings (SSSR count). The predicted molar refractivity (Wildman–Crippen MR) is 61.9 cm³/mol. The number of fused-ring (bicyclic) bond motifs is 3. The van der Waals surface area contributed by atoms with Crippen molar-refractivity contribution in [2.75, 3.05) is 5.73 Å². The molecule has 0 spiro atoms. The van der Waals surface area contributed by atoms with Gasteiger partial charge in [0.1, 0.15) is 5.75 Å². The van der Waals surface area contributed by atoms with E-state index in [1.807, 2.05) is 24.3 Å². The molecule has 0 aliphatic rings. The molecule has 0 fully saturated rings. The van der Waals surface area contributed by atoms with Gasteiger partial charge < -0.3 is 15.8 Å². The molecule has 1 heterocycles. The molecular formula is C12H10N2O. The van der Waals surface area contributed by atoms with Crippen LogP contribution in [-0.2, 0) is 0 Å². The largest absolute Gasteiger partial charge is 0.506 e. The zero-order chi connectivity index (χ0) is 10.4. The molecule has 0 atom stereocenters. The lowest BCUT2D eigenvalue weighted by molar-refractivity contribution is 0.479. The minimum absolute atomic E-state index is 0.132. The first kappa shape index (κ1) is 8.17. The number of anilines is 1. The number of aromatic hydroxyl groups is 1. The molecular weight excluding hydrogens is 188 g/mol. The zero-order valence-electron chi connectivity index (χ0n) is 7.99. The maximum absolute atomic E-state index is 9.56. The Morgan fingerprint density at radius 2 is 1.80 bits per heavy atom. The van der Waals surface area contributed by atoms with Crippen LogP contribution in [0.1, 0.15) is 0 Å². The summed E-state index contributed by atoms with van der Waals surface area (Å²) in [6.07, 6.45) is 0. The second-order valence-electron chi connectivity index (χ2n) is 3.63. The minimum Gasteiger partial charge on any atom is -0.506 e. The van der Waals surface area contributed by atoms with Crippen LogP contribution in [0.2, 0.25) is 0 Å². The molecule has 0 amide bonds. The van der Waals surface area contributed by atoms with E-state index in [9.17, 15) is 5.11 Å². The SMILES string of the molecule is Nc1cc2[nH]c3ccccc3c2cc1O. The molecule has 0 radical (unpaired) electrons. The average molecular weight is 198 g/mol. The summed E-state index contributed by atoms with van der Waals surface area (Å²) in [6.45, 7) is 0. The summed E-state index contributed by atoms with van der Waals surface area (Å²) in [5.41, 5.74) is 8.04. The van der Waals surface area contributed by atoms with Gasteiger partial charge in [-0.2, -0.15) is 0 Å². The standard InChI is InChI=1S/C12H10N2O/c13-9-6-11-8(5-12(9)15)7-3-1-2-4-10(7)14-11/h1-6,14-15H,13H2. The quantitative estimate of drug-likeness (QED) is 0.384. The molecule has 0 unspecified atom stereocenters. The number of hydrogen-bond acceptors (Lipinski definition) is 2. The second kappa shape index (κ2) is 2.67. The Morgan fingerprint density at radius 3 is 2.67 bits per heavy atom. The zero-order valence-corrected chi connectivity index (χ0v) is 7.99. The van der Waals surface area contributed by atoms with Crippen molar-refractivity contribution in [3.63, 3.8) is 0 Å². The second-order valence-corrected chi connectivity index (χ2v) is 3.63. The van der Waals surface area contributed by atoms with Gasteiger partial charge >= 0.3 is 0 Å². The maximum Gasteiger partial charge on any atom is 0.139 e. The fraction of sp³-hybridized carbons (Fsp3) is 0. The number of nitrogens with one attached hydrogen (secondary N) is 1. The van der Waals surface area contributed by atoms with Gasteiger partial charge in [-0.25, -0.2) is 0 Å². The molecule has 2 aromatic carbocycles. The van der Waals surface area contributed by atoms with Crippen LogP contribution in [0, 0.1) is 0 Å². The topological polar surface area (TPSA) is 62.0 Å². The van der Waals surface area contributed by atoms with Gasteiger partial charge in [0.05, 0.1) is 5.69 Å². The Kier molecular flexibility index (Phi) is 1.45. The number of H-pyrrole nitrogens is 1. The number of phenolic OH excluding ortho intramolecular Hbond substituents is 1. The van der Waals surface area contributed by atoms with E-state index in [1.54, 1.807) is 12.1 Å². The van der Waals surface area contributed by atoms with Crippen molar-refractivity contribution in [1.82, 2.24) is 4.98 Å². The van der Waals surface area contributed by atoms with Gasteiger partial charge in [-0.15, -0.1) is 0 Å². The molecule has 0 saturated heterocycles. The van der Waals surface area contributed by atoms with E-state index in [1.165, 1.54) is 0 Å². The van der Waals surface area contributed by atoms with Gasteiger partial charge in [-0.1, -0.05) is 18.2 Å². The number of nitrogen functional groups attached to an aromatic ring is 1. The van der Waals surface area contributed by atoms with Crippen LogP contribution in [0.3, 0.4) is 0 Å². The van der Waals surface area contributed by atoms with Gasteiger partial charge in [0, 0.05) is 21.8 Å². The van der Waals surface area contributed by atoms with Gasteiger partial charge in [-0.05, 0) is 18.2 Å². The van der Waals surface area contributed by atoms with Crippen molar-refractivity contribution >= 4 is 27.5 Å². The summed E-state index contributed by atoms with van der Waals surface area (Å²) in [5, 5.41) is 11.7. The number of aromatic nitrogens is 1. The molecule has 0 aliphatic carbocycles. The Bertz CT molecular complexity index is 655. The normalized spacial score (nSPS) is 11.2. The highest BCUT2D eigenvalue weighted by molar-refractivity contribution is 6.08. The van der Waals surface area contributed by atoms with E-state index < -0.39 is 0 Å². The van der Waals surface area contributed by atoms with E-state index in [4.69, 9.17) is 5.73 Å². The first-order valence-corrected chi connectivity index (χ1v) is 4.74.